The molecule has 1 aliphatic rings. The van der Waals surface area contributed by atoms with Gasteiger partial charge in [-0.15, -0.1) is 0 Å². The minimum Gasteiger partial charge on any atom is -0.496 e. The number of hydrogen-bond donors (Lipinski definition) is 1. The number of hydrogen-bond acceptors (Lipinski definition) is 3. The minimum atomic E-state index is 0.343. The first-order valence-corrected chi connectivity index (χ1v) is 7.17. The first kappa shape index (κ1) is 13.8. The van der Waals surface area contributed by atoms with E-state index in [0.29, 0.717) is 12.1 Å². The van der Waals surface area contributed by atoms with Gasteiger partial charge in [0.05, 0.1) is 11.6 Å². The Hall–Kier alpha value is -0.580. The Morgan fingerprint density at radius 2 is 2.11 bits per heavy atom. The highest BCUT2D eigenvalue weighted by Crippen LogP contribution is 2.28. The van der Waals surface area contributed by atoms with Crippen LogP contribution >= 0.6 is 15.9 Å². The molecule has 0 bridgehead atoms. The lowest BCUT2D eigenvalue weighted by molar-refractivity contribution is 0.0754. The van der Waals surface area contributed by atoms with E-state index in [1.807, 2.05) is 6.07 Å². The van der Waals surface area contributed by atoms with Gasteiger partial charge in [-0.05, 0) is 53.4 Å². The molecule has 18 heavy (non-hydrogen) atoms. The summed E-state index contributed by atoms with van der Waals surface area (Å²) in [6.45, 7) is 3.94. The van der Waals surface area contributed by atoms with E-state index < -0.39 is 0 Å². The second kappa shape index (κ2) is 6.55. The van der Waals surface area contributed by atoms with Crippen LogP contribution in [0.3, 0.4) is 0 Å². The number of methoxy groups -OCH3 is 1. The molecule has 1 aromatic rings. The van der Waals surface area contributed by atoms with Gasteiger partial charge in [0.1, 0.15) is 5.75 Å². The summed E-state index contributed by atoms with van der Waals surface area (Å²) in [7, 11) is 1.68. The lowest BCUT2D eigenvalue weighted by atomic mass is 10.0. The predicted molar refractivity (Wildman–Crippen MR) is 76.1 cm³/mol. The van der Waals surface area contributed by atoms with Crippen LogP contribution in [0, 0.1) is 0 Å². The highest BCUT2D eigenvalue weighted by molar-refractivity contribution is 9.10. The summed E-state index contributed by atoms with van der Waals surface area (Å²) in [5.41, 5.74) is 1.27. The number of nitrogens with one attached hydrogen (secondary N) is 1. The molecule has 2 rings (SSSR count). The summed E-state index contributed by atoms with van der Waals surface area (Å²) >= 11 is 3.53. The predicted octanol–water partition coefficient (Wildman–Crippen LogP) is 3.29. The summed E-state index contributed by atoms with van der Waals surface area (Å²) in [6.07, 6.45) is 2.20. The average Bonchev–Trinajstić information content (AvgIpc) is 2.39. The largest absolute Gasteiger partial charge is 0.496 e. The van der Waals surface area contributed by atoms with E-state index in [0.717, 1.165) is 36.3 Å². The molecule has 0 aromatic heterocycles. The molecule has 0 radical (unpaired) electrons. The molecule has 0 unspecified atom stereocenters. The van der Waals surface area contributed by atoms with Crippen molar-refractivity contribution < 1.29 is 9.47 Å². The summed E-state index contributed by atoms with van der Waals surface area (Å²) < 4.78 is 11.6. The topological polar surface area (TPSA) is 30.5 Å². The summed E-state index contributed by atoms with van der Waals surface area (Å²) in [5, 5.41) is 3.66. The van der Waals surface area contributed by atoms with Crippen molar-refractivity contribution in [3.05, 3.63) is 28.2 Å². The van der Waals surface area contributed by atoms with Crippen LogP contribution in [0.1, 0.15) is 31.4 Å². The third kappa shape index (κ3) is 3.46. The van der Waals surface area contributed by atoms with Crippen molar-refractivity contribution in [2.45, 2.75) is 31.8 Å². The summed E-state index contributed by atoms with van der Waals surface area (Å²) in [6, 6.07) is 7.14. The second-order valence-corrected chi connectivity index (χ2v) is 5.52. The van der Waals surface area contributed by atoms with Crippen LogP contribution in [0.15, 0.2) is 22.7 Å². The molecular weight excluding hydrogens is 294 g/mol. The van der Waals surface area contributed by atoms with Crippen molar-refractivity contribution in [1.29, 1.82) is 0 Å². The highest BCUT2D eigenvalue weighted by atomic mass is 79.9. The molecule has 1 aliphatic heterocycles. The average molecular weight is 314 g/mol. The molecule has 1 aromatic carbocycles. The Balaban J connectivity index is 1.99. The van der Waals surface area contributed by atoms with E-state index in [9.17, 15) is 0 Å². The first-order chi connectivity index (χ1) is 8.70. The van der Waals surface area contributed by atoms with Crippen molar-refractivity contribution in [2.24, 2.45) is 0 Å². The number of halogens is 1. The van der Waals surface area contributed by atoms with Gasteiger partial charge < -0.3 is 14.8 Å². The standard InChI is InChI=1S/C14H20BrNO2/c1-10(16-12-5-7-18-8-6-12)11-3-4-14(17-2)13(15)9-11/h3-4,9-10,12,16H,5-8H2,1-2H3/t10-/m1/s1. The van der Waals surface area contributed by atoms with Crippen molar-refractivity contribution >= 4 is 15.9 Å². The Morgan fingerprint density at radius 1 is 1.39 bits per heavy atom. The molecule has 0 spiro atoms. The maximum Gasteiger partial charge on any atom is 0.133 e. The Morgan fingerprint density at radius 3 is 2.72 bits per heavy atom. The Labute approximate surface area is 117 Å². The Bertz CT molecular complexity index is 391. The zero-order valence-electron chi connectivity index (χ0n) is 10.9. The normalized spacial score (nSPS) is 18.6. The lowest BCUT2D eigenvalue weighted by Gasteiger charge is -2.27. The third-order valence-corrected chi connectivity index (χ3v) is 4.00. The summed E-state index contributed by atoms with van der Waals surface area (Å²) in [4.78, 5) is 0. The van der Waals surface area contributed by atoms with Gasteiger partial charge in [-0.3, -0.25) is 0 Å². The molecule has 4 heteroatoms. The van der Waals surface area contributed by atoms with Crippen LogP contribution in [0.2, 0.25) is 0 Å². The quantitative estimate of drug-likeness (QED) is 0.925. The molecule has 3 nitrogen and oxygen atoms in total. The van der Waals surface area contributed by atoms with Crippen LogP contribution < -0.4 is 10.1 Å². The van der Waals surface area contributed by atoms with Crippen LogP contribution in [-0.2, 0) is 4.74 Å². The van der Waals surface area contributed by atoms with Gasteiger partial charge in [0.15, 0.2) is 0 Å². The fourth-order valence-electron chi connectivity index (χ4n) is 2.27. The lowest BCUT2D eigenvalue weighted by Crippen LogP contribution is -2.36. The van der Waals surface area contributed by atoms with Crippen molar-refractivity contribution in [2.75, 3.05) is 20.3 Å². The van der Waals surface area contributed by atoms with Gasteiger partial charge in [-0.1, -0.05) is 6.07 Å². The van der Waals surface area contributed by atoms with E-state index in [-0.39, 0.29) is 0 Å². The fraction of sp³-hybridized carbons (Fsp3) is 0.571. The maximum atomic E-state index is 5.37. The smallest absolute Gasteiger partial charge is 0.133 e. The van der Waals surface area contributed by atoms with Crippen LogP contribution in [-0.4, -0.2) is 26.4 Å². The van der Waals surface area contributed by atoms with Gasteiger partial charge >= 0.3 is 0 Å². The second-order valence-electron chi connectivity index (χ2n) is 4.67. The van der Waals surface area contributed by atoms with Crippen molar-refractivity contribution in [3.63, 3.8) is 0 Å². The number of benzene rings is 1. The molecule has 0 aliphatic carbocycles. The fourth-order valence-corrected chi connectivity index (χ4v) is 2.82. The summed E-state index contributed by atoms with van der Waals surface area (Å²) in [5.74, 6) is 0.872. The molecule has 1 saturated heterocycles. The molecule has 1 N–H and O–H groups in total. The first-order valence-electron chi connectivity index (χ1n) is 6.38. The Kier molecular flexibility index (Phi) is 5.03. The third-order valence-electron chi connectivity index (χ3n) is 3.38. The van der Waals surface area contributed by atoms with E-state index in [1.165, 1.54) is 5.56 Å². The van der Waals surface area contributed by atoms with E-state index in [2.05, 4.69) is 40.3 Å². The van der Waals surface area contributed by atoms with Gasteiger partial charge in [0.2, 0.25) is 0 Å². The monoisotopic (exact) mass is 313 g/mol. The molecule has 1 heterocycles. The van der Waals surface area contributed by atoms with Crippen LogP contribution in [0.4, 0.5) is 0 Å². The van der Waals surface area contributed by atoms with Crippen molar-refractivity contribution in [3.8, 4) is 5.75 Å². The van der Waals surface area contributed by atoms with Gasteiger partial charge in [-0.2, -0.15) is 0 Å². The van der Waals surface area contributed by atoms with Crippen LogP contribution in [0.25, 0.3) is 0 Å². The van der Waals surface area contributed by atoms with E-state index >= 15 is 0 Å². The van der Waals surface area contributed by atoms with Gasteiger partial charge in [0, 0.05) is 25.3 Å². The van der Waals surface area contributed by atoms with E-state index in [1.54, 1.807) is 7.11 Å². The number of ether oxygens (including phenoxy) is 2. The van der Waals surface area contributed by atoms with E-state index in [4.69, 9.17) is 9.47 Å². The zero-order valence-corrected chi connectivity index (χ0v) is 12.5. The molecule has 1 atom stereocenters. The van der Waals surface area contributed by atoms with Crippen LogP contribution in [0.5, 0.6) is 5.75 Å². The minimum absolute atomic E-state index is 0.343. The molecule has 0 saturated carbocycles. The maximum absolute atomic E-state index is 5.37. The molecule has 0 amide bonds. The number of rotatable bonds is 4. The highest BCUT2D eigenvalue weighted by Gasteiger charge is 2.17. The van der Waals surface area contributed by atoms with Crippen molar-refractivity contribution in [1.82, 2.24) is 5.32 Å². The van der Waals surface area contributed by atoms with Gasteiger partial charge in [-0.25, -0.2) is 0 Å². The molecule has 100 valence electrons. The molecular formula is C14H20BrNO2. The molecule has 1 fully saturated rings. The SMILES string of the molecule is COc1ccc([C@@H](C)NC2CCOCC2)cc1Br. The van der Waals surface area contributed by atoms with Gasteiger partial charge in [0.25, 0.3) is 0 Å². The zero-order chi connectivity index (χ0) is 13.0.